The van der Waals surface area contributed by atoms with Crippen LogP contribution >= 0.6 is 0 Å². The molecule has 0 spiro atoms. The Labute approximate surface area is 172 Å². The second-order valence-electron chi connectivity index (χ2n) is 8.21. The molecule has 2 unspecified atom stereocenters. The zero-order valence-corrected chi connectivity index (χ0v) is 16.6. The van der Waals surface area contributed by atoms with Gasteiger partial charge in [0.25, 0.3) is 5.91 Å². The van der Waals surface area contributed by atoms with E-state index in [0.29, 0.717) is 37.4 Å². The van der Waals surface area contributed by atoms with Crippen LogP contribution in [0.2, 0.25) is 0 Å². The fourth-order valence-corrected chi connectivity index (χ4v) is 4.34. The minimum absolute atomic E-state index is 0.0336. The number of alkyl halides is 3. The van der Waals surface area contributed by atoms with Crippen LogP contribution < -0.4 is 21.1 Å². The number of nitrogens with one attached hydrogen (secondary N) is 3. The van der Waals surface area contributed by atoms with Gasteiger partial charge in [0, 0.05) is 19.3 Å². The summed E-state index contributed by atoms with van der Waals surface area (Å²) in [6.07, 6.45) is -2.16. The topological polar surface area (TPSA) is 68.9 Å². The quantitative estimate of drug-likeness (QED) is 0.689. The van der Waals surface area contributed by atoms with Crippen molar-refractivity contribution in [3.05, 3.63) is 40.6 Å². The SMILES string of the molecule is Cc1cc(C2CC2)cc(C(F)(F)F)c1N1C=C2C(=O)NC(N3CCOCC3)NC2N1. The molecule has 0 radical (unpaired) electrons. The molecule has 3 N–H and O–H groups in total. The first-order valence-electron chi connectivity index (χ1n) is 10.2. The molecule has 10 heteroatoms. The molecule has 2 atom stereocenters. The predicted octanol–water partition coefficient (Wildman–Crippen LogP) is 1.76. The Bertz CT molecular complexity index is 893. The van der Waals surface area contributed by atoms with Crippen LogP contribution in [-0.2, 0) is 15.7 Å². The van der Waals surface area contributed by atoms with Gasteiger partial charge in [-0.2, -0.15) is 13.2 Å². The molecule has 1 aromatic rings. The van der Waals surface area contributed by atoms with E-state index < -0.39 is 24.2 Å². The number of halogens is 3. The van der Waals surface area contributed by atoms with Crippen molar-refractivity contribution in [2.24, 2.45) is 0 Å². The molecule has 0 aromatic heterocycles. The molecule has 30 heavy (non-hydrogen) atoms. The van der Waals surface area contributed by atoms with E-state index >= 15 is 0 Å². The van der Waals surface area contributed by atoms with E-state index in [1.54, 1.807) is 6.92 Å². The molecule has 3 fully saturated rings. The van der Waals surface area contributed by atoms with Crippen LogP contribution in [0, 0.1) is 6.92 Å². The maximum Gasteiger partial charge on any atom is 0.418 e. The zero-order chi connectivity index (χ0) is 21.0. The second-order valence-corrected chi connectivity index (χ2v) is 8.21. The number of amides is 1. The monoisotopic (exact) mass is 423 g/mol. The number of aryl methyl sites for hydroxylation is 1. The van der Waals surface area contributed by atoms with Crippen LogP contribution in [-0.4, -0.2) is 49.6 Å². The van der Waals surface area contributed by atoms with Crippen LogP contribution in [0.5, 0.6) is 0 Å². The van der Waals surface area contributed by atoms with E-state index in [1.165, 1.54) is 17.3 Å². The van der Waals surface area contributed by atoms with Gasteiger partial charge < -0.3 is 10.1 Å². The number of carbonyl (C=O) groups excluding carboxylic acids is 1. The molecule has 162 valence electrons. The summed E-state index contributed by atoms with van der Waals surface area (Å²) in [6.45, 7) is 4.15. The van der Waals surface area contributed by atoms with Gasteiger partial charge in [0.2, 0.25) is 0 Å². The van der Waals surface area contributed by atoms with Crippen LogP contribution in [0.3, 0.4) is 0 Å². The van der Waals surface area contributed by atoms with Crippen molar-refractivity contribution in [1.29, 1.82) is 0 Å². The number of hydrazine groups is 1. The summed E-state index contributed by atoms with van der Waals surface area (Å²) in [5.41, 5.74) is 4.01. The molecular weight excluding hydrogens is 399 g/mol. The van der Waals surface area contributed by atoms with E-state index in [2.05, 4.69) is 16.1 Å². The molecule has 3 aliphatic heterocycles. The second kappa shape index (κ2) is 7.23. The van der Waals surface area contributed by atoms with E-state index in [4.69, 9.17) is 4.74 Å². The van der Waals surface area contributed by atoms with E-state index in [0.717, 1.165) is 18.4 Å². The average Bonchev–Trinajstić information content (AvgIpc) is 3.46. The third-order valence-corrected chi connectivity index (χ3v) is 6.03. The number of anilines is 1. The summed E-state index contributed by atoms with van der Waals surface area (Å²) in [5.74, 6) is -0.0842. The Morgan fingerprint density at radius 2 is 1.90 bits per heavy atom. The van der Waals surface area contributed by atoms with Crippen LogP contribution in [0.1, 0.15) is 35.4 Å². The van der Waals surface area contributed by atoms with Gasteiger partial charge in [0.05, 0.1) is 30.0 Å². The van der Waals surface area contributed by atoms with Gasteiger partial charge in [-0.3, -0.25) is 20.0 Å². The lowest BCUT2D eigenvalue weighted by molar-refractivity contribution is -0.137. The zero-order valence-electron chi connectivity index (χ0n) is 16.6. The Morgan fingerprint density at radius 1 is 1.17 bits per heavy atom. The summed E-state index contributed by atoms with van der Waals surface area (Å²) < 4.78 is 47.1. The van der Waals surface area contributed by atoms with Gasteiger partial charge in [0.15, 0.2) is 0 Å². The molecule has 1 saturated carbocycles. The minimum Gasteiger partial charge on any atom is -0.379 e. The number of nitrogens with zero attached hydrogens (tertiary/aromatic N) is 2. The number of morpholine rings is 1. The van der Waals surface area contributed by atoms with E-state index in [-0.39, 0.29) is 17.5 Å². The predicted molar refractivity (Wildman–Crippen MR) is 103 cm³/mol. The molecule has 5 rings (SSSR count). The van der Waals surface area contributed by atoms with Gasteiger partial charge in [-0.25, -0.2) is 5.43 Å². The van der Waals surface area contributed by atoms with Crippen molar-refractivity contribution in [2.75, 3.05) is 31.3 Å². The Kier molecular flexibility index (Phi) is 4.77. The first-order valence-corrected chi connectivity index (χ1v) is 10.2. The molecule has 1 aliphatic carbocycles. The third-order valence-electron chi connectivity index (χ3n) is 6.03. The van der Waals surface area contributed by atoms with Crippen LogP contribution in [0.4, 0.5) is 18.9 Å². The number of rotatable bonds is 3. The first kappa shape index (κ1) is 19.8. The van der Waals surface area contributed by atoms with Gasteiger partial charge in [0.1, 0.15) is 12.5 Å². The van der Waals surface area contributed by atoms with Crippen molar-refractivity contribution in [3.8, 4) is 0 Å². The number of hydrogen-bond acceptors (Lipinski definition) is 6. The van der Waals surface area contributed by atoms with Gasteiger partial charge in [-0.05, 0) is 42.9 Å². The molecular formula is C20H24F3N5O2. The lowest BCUT2D eigenvalue weighted by Crippen LogP contribution is -2.68. The molecule has 1 amide bonds. The normalized spacial score (nSPS) is 27.7. The maximum absolute atomic E-state index is 13.9. The van der Waals surface area contributed by atoms with Crippen molar-refractivity contribution >= 4 is 11.6 Å². The molecule has 3 heterocycles. The van der Waals surface area contributed by atoms with Gasteiger partial charge >= 0.3 is 6.18 Å². The maximum atomic E-state index is 13.9. The highest BCUT2D eigenvalue weighted by molar-refractivity contribution is 5.97. The van der Waals surface area contributed by atoms with Crippen molar-refractivity contribution < 1.29 is 22.7 Å². The Balaban J connectivity index is 1.43. The van der Waals surface area contributed by atoms with Crippen LogP contribution in [0.15, 0.2) is 23.9 Å². The summed E-state index contributed by atoms with van der Waals surface area (Å²) in [6, 6.07) is 3.08. The Hall–Kier alpha value is -2.14. The average molecular weight is 423 g/mol. The first-order chi connectivity index (χ1) is 14.3. The minimum atomic E-state index is -4.50. The Morgan fingerprint density at radius 3 is 2.57 bits per heavy atom. The van der Waals surface area contributed by atoms with Crippen molar-refractivity contribution in [2.45, 2.75) is 44.3 Å². The molecule has 4 aliphatic rings. The standard InChI is InChI=1S/C20H24F3N5O2/c1-11-8-13(12-2-3-12)9-15(20(21,22)23)16(11)28-10-14-17(26-28)24-19(25-18(14)29)27-4-6-30-7-5-27/h8-10,12,17,19,24,26H,2-7H2,1H3,(H,25,29). The fourth-order valence-electron chi connectivity index (χ4n) is 4.34. The number of benzene rings is 1. The lowest BCUT2D eigenvalue weighted by Gasteiger charge is -2.40. The smallest absolute Gasteiger partial charge is 0.379 e. The molecule has 0 bridgehead atoms. The highest BCUT2D eigenvalue weighted by Crippen LogP contribution is 2.46. The lowest BCUT2D eigenvalue weighted by atomic mass is 10.00. The number of carbonyl (C=O) groups is 1. The van der Waals surface area contributed by atoms with Crippen molar-refractivity contribution in [3.63, 3.8) is 0 Å². The van der Waals surface area contributed by atoms with E-state index in [9.17, 15) is 18.0 Å². The van der Waals surface area contributed by atoms with Gasteiger partial charge in [-0.1, -0.05) is 6.07 Å². The summed E-state index contributed by atoms with van der Waals surface area (Å²) in [7, 11) is 0. The van der Waals surface area contributed by atoms with Crippen LogP contribution in [0.25, 0.3) is 0 Å². The number of ether oxygens (including phenoxy) is 1. The fraction of sp³-hybridized carbons (Fsp3) is 0.550. The molecule has 2 saturated heterocycles. The largest absolute Gasteiger partial charge is 0.418 e. The van der Waals surface area contributed by atoms with Gasteiger partial charge in [-0.15, -0.1) is 0 Å². The number of fused-ring (bicyclic) bond motifs is 1. The molecule has 7 nitrogen and oxygen atoms in total. The highest BCUT2D eigenvalue weighted by atomic mass is 19.4. The summed E-state index contributed by atoms with van der Waals surface area (Å²) in [5, 5.41) is 7.49. The molecule has 1 aromatic carbocycles. The number of hydrogen-bond donors (Lipinski definition) is 3. The van der Waals surface area contributed by atoms with Crippen molar-refractivity contribution in [1.82, 2.24) is 21.0 Å². The van der Waals surface area contributed by atoms with E-state index in [1.807, 2.05) is 11.0 Å². The third kappa shape index (κ3) is 3.58. The summed E-state index contributed by atoms with van der Waals surface area (Å²) >= 11 is 0. The highest BCUT2D eigenvalue weighted by Gasteiger charge is 2.42. The summed E-state index contributed by atoms with van der Waals surface area (Å²) in [4.78, 5) is 14.7.